The second-order valence-electron chi connectivity index (χ2n) is 11.7. The number of hydrogen-bond donors (Lipinski definition) is 5. The SMILES string of the molecule is Cc1cc(NC(=O)Nc2cc(C(C)(C)C)on2)ccc1Nc1ncnc(N)c1C(=N)c1ccc(OCCN2CCOCC2)cc1. The number of ether oxygens (including phenoxy) is 2. The average molecular weight is 614 g/mol. The number of rotatable bonds is 10. The van der Waals surface area contributed by atoms with Gasteiger partial charge in [0.15, 0.2) is 5.82 Å². The van der Waals surface area contributed by atoms with Crippen LogP contribution in [0.15, 0.2) is 59.4 Å². The third-order valence-electron chi connectivity index (χ3n) is 7.28. The molecule has 0 spiro atoms. The maximum Gasteiger partial charge on any atom is 0.324 e. The number of carbonyl (C=O) groups excluding carboxylic acids is 1. The van der Waals surface area contributed by atoms with Crippen molar-refractivity contribution in [3.8, 4) is 5.75 Å². The third-order valence-corrected chi connectivity index (χ3v) is 7.28. The van der Waals surface area contributed by atoms with Crippen molar-refractivity contribution < 1.29 is 18.8 Å². The fraction of sp³-hybridized carbons (Fsp3) is 0.344. The Hall–Kier alpha value is -5.01. The van der Waals surface area contributed by atoms with Crippen molar-refractivity contribution in [1.29, 1.82) is 5.41 Å². The summed E-state index contributed by atoms with van der Waals surface area (Å²) in [5, 5.41) is 21.6. The molecule has 1 saturated heterocycles. The number of benzene rings is 2. The van der Waals surface area contributed by atoms with Gasteiger partial charge in [-0.05, 0) is 55.0 Å². The Labute approximate surface area is 262 Å². The molecule has 13 nitrogen and oxygen atoms in total. The van der Waals surface area contributed by atoms with E-state index < -0.39 is 6.03 Å². The van der Waals surface area contributed by atoms with Crippen LogP contribution in [0.2, 0.25) is 0 Å². The standard InChI is InChI=1S/C32H39N9O4/c1-20-17-22(37-31(42)39-26-18-25(45-40-26)32(2,3)4)7-10-24(20)38-30-27(29(34)35-19-36-30)28(33)21-5-8-23(9-6-21)44-16-13-41-11-14-43-15-12-41/h5-10,17-19,33H,11-16H2,1-4H3,(H3,34,35,36,38)(H2,37,39,40,42). The van der Waals surface area contributed by atoms with Crippen LogP contribution in [0.4, 0.5) is 33.6 Å². The van der Waals surface area contributed by atoms with Gasteiger partial charge in [0.1, 0.15) is 36.1 Å². The predicted octanol–water partition coefficient (Wildman–Crippen LogP) is 5.17. The third kappa shape index (κ3) is 8.13. The Bertz CT molecular complexity index is 1640. The van der Waals surface area contributed by atoms with Gasteiger partial charge in [0, 0.05) is 48.1 Å². The summed E-state index contributed by atoms with van der Waals surface area (Å²) in [5.74, 6) is 2.29. The van der Waals surface area contributed by atoms with Crippen LogP contribution in [-0.4, -0.2) is 71.2 Å². The molecule has 0 unspecified atom stereocenters. The number of amides is 2. The number of urea groups is 1. The summed E-state index contributed by atoms with van der Waals surface area (Å²) in [5.41, 5.74) is 9.35. The number of anilines is 5. The number of morpholine rings is 1. The molecule has 6 N–H and O–H groups in total. The largest absolute Gasteiger partial charge is 0.492 e. The normalized spacial score (nSPS) is 13.7. The highest BCUT2D eigenvalue weighted by Crippen LogP contribution is 2.29. The lowest BCUT2D eigenvalue weighted by Crippen LogP contribution is -2.38. The molecular formula is C32H39N9O4. The minimum atomic E-state index is -0.448. The Morgan fingerprint density at radius 1 is 1.07 bits per heavy atom. The van der Waals surface area contributed by atoms with E-state index in [4.69, 9.17) is 25.1 Å². The second kappa shape index (κ2) is 13.7. The van der Waals surface area contributed by atoms with Crippen molar-refractivity contribution in [3.63, 3.8) is 0 Å². The van der Waals surface area contributed by atoms with E-state index in [2.05, 4.69) is 36.0 Å². The molecule has 0 atom stereocenters. The molecule has 3 heterocycles. The van der Waals surface area contributed by atoms with Crippen LogP contribution in [0.3, 0.4) is 0 Å². The van der Waals surface area contributed by atoms with Crippen LogP contribution in [0.5, 0.6) is 5.75 Å². The number of nitrogen functional groups attached to an aromatic ring is 1. The molecule has 2 amide bonds. The van der Waals surface area contributed by atoms with Gasteiger partial charge in [-0.3, -0.25) is 15.6 Å². The van der Waals surface area contributed by atoms with Gasteiger partial charge >= 0.3 is 6.03 Å². The van der Waals surface area contributed by atoms with Crippen LogP contribution < -0.4 is 26.4 Å². The lowest BCUT2D eigenvalue weighted by molar-refractivity contribution is 0.0322. The van der Waals surface area contributed by atoms with Crippen molar-refractivity contribution >= 4 is 40.6 Å². The van der Waals surface area contributed by atoms with Gasteiger partial charge in [-0.2, -0.15) is 0 Å². The highest BCUT2D eigenvalue weighted by atomic mass is 16.5. The monoisotopic (exact) mass is 613 g/mol. The van der Waals surface area contributed by atoms with Crippen LogP contribution >= 0.6 is 0 Å². The zero-order chi connectivity index (χ0) is 32.0. The lowest BCUT2D eigenvalue weighted by Gasteiger charge is -2.26. The van der Waals surface area contributed by atoms with E-state index in [9.17, 15) is 4.79 Å². The van der Waals surface area contributed by atoms with Crippen LogP contribution in [0.25, 0.3) is 0 Å². The first-order chi connectivity index (χ1) is 21.6. The summed E-state index contributed by atoms with van der Waals surface area (Å²) < 4.78 is 16.6. The summed E-state index contributed by atoms with van der Waals surface area (Å²) in [6.45, 7) is 12.6. The lowest BCUT2D eigenvalue weighted by atomic mass is 9.93. The number of nitrogens with two attached hydrogens (primary N) is 1. The van der Waals surface area contributed by atoms with E-state index >= 15 is 0 Å². The first-order valence-corrected chi connectivity index (χ1v) is 14.7. The molecule has 236 valence electrons. The first kappa shape index (κ1) is 31.4. The molecule has 1 aliphatic heterocycles. The van der Waals surface area contributed by atoms with E-state index in [1.807, 2.05) is 64.1 Å². The van der Waals surface area contributed by atoms with Crippen molar-refractivity contribution in [2.45, 2.75) is 33.1 Å². The van der Waals surface area contributed by atoms with E-state index in [1.165, 1.54) is 6.33 Å². The number of aryl methyl sites for hydroxylation is 1. The summed E-state index contributed by atoms with van der Waals surface area (Å²) >= 11 is 0. The summed E-state index contributed by atoms with van der Waals surface area (Å²) in [7, 11) is 0. The molecule has 45 heavy (non-hydrogen) atoms. The summed E-state index contributed by atoms with van der Waals surface area (Å²) in [6, 6.07) is 14.0. The van der Waals surface area contributed by atoms with Crippen molar-refractivity contribution in [2.75, 3.05) is 61.1 Å². The fourth-order valence-corrected chi connectivity index (χ4v) is 4.70. The molecule has 0 radical (unpaired) electrons. The Morgan fingerprint density at radius 3 is 2.51 bits per heavy atom. The van der Waals surface area contributed by atoms with Crippen molar-refractivity contribution in [3.05, 3.63) is 77.3 Å². The maximum atomic E-state index is 12.6. The van der Waals surface area contributed by atoms with E-state index in [-0.39, 0.29) is 16.9 Å². The van der Waals surface area contributed by atoms with Gasteiger partial charge in [0.2, 0.25) is 0 Å². The molecule has 2 aromatic carbocycles. The molecule has 1 aliphatic rings. The summed E-state index contributed by atoms with van der Waals surface area (Å²) in [6.07, 6.45) is 1.35. The van der Waals surface area contributed by atoms with Crippen LogP contribution in [-0.2, 0) is 10.2 Å². The molecule has 13 heteroatoms. The zero-order valence-electron chi connectivity index (χ0n) is 25.9. The predicted molar refractivity (Wildman–Crippen MR) is 174 cm³/mol. The topological polar surface area (TPSA) is 177 Å². The molecule has 0 aliphatic carbocycles. The maximum absolute atomic E-state index is 12.6. The Kier molecular flexibility index (Phi) is 9.59. The number of nitrogens with zero attached hydrogens (tertiary/aromatic N) is 4. The van der Waals surface area contributed by atoms with Gasteiger partial charge < -0.3 is 30.4 Å². The molecule has 0 bridgehead atoms. The van der Waals surface area contributed by atoms with Gasteiger partial charge in [-0.1, -0.05) is 25.9 Å². The van der Waals surface area contributed by atoms with Gasteiger partial charge in [-0.15, -0.1) is 0 Å². The minimum Gasteiger partial charge on any atom is -0.492 e. The first-order valence-electron chi connectivity index (χ1n) is 14.7. The molecule has 5 rings (SSSR count). The fourth-order valence-electron chi connectivity index (χ4n) is 4.70. The molecule has 2 aromatic heterocycles. The molecule has 0 saturated carbocycles. The highest BCUT2D eigenvalue weighted by molar-refractivity contribution is 6.16. The van der Waals surface area contributed by atoms with Crippen LogP contribution in [0, 0.1) is 12.3 Å². The number of nitrogens with one attached hydrogen (secondary N) is 4. The van der Waals surface area contributed by atoms with Crippen molar-refractivity contribution in [1.82, 2.24) is 20.0 Å². The zero-order valence-corrected chi connectivity index (χ0v) is 25.9. The quantitative estimate of drug-likeness (QED) is 0.150. The second-order valence-corrected chi connectivity index (χ2v) is 11.7. The molecular weight excluding hydrogens is 574 g/mol. The molecule has 4 aromatic rings. The average Bonchev–Trinajstić information content (AvgIpc) is 3.48. The van der Waals surface area contributed by atoms with E-state index in [0.29, 0.717) is 40.8 Å². The number of aromatic nitrogens is 3. The van der Waals surface area contributed by atoms with Gasteiger partial charge in [-0.25, -0.2) is 14.8 Å². The highest BCUT2D eigenvalue weighted by Gasteiger charge is 2.21. The Balaban J connectivity index is 1.22. The minimum absolute atomic E-state index is 0.172. The Morgan fingerprint density at radius 2 is 1.82 bits per heavy atom. The van der Waals surface area contributed by atoms with E-state index in [1.54, 1.807) is 12.1 Å². The van der Waals surface area contributed by atoms with Gasteiger partial charge in [0.25, 0.3) is 0 Å². The van der Waals surface area contributed by atoms with Gasteiger partial charge in [0.05, 0.1) is 24.5 Å². The summed E-state index contributed by atoms with van der Waals surface area (Å²) in [4.78, 5) is 23.4. The van der Waals surface area contributed by atoms with E-state index in [0.717, 1.165) is 49.8 Å². The van der Waals surface area contributed by atoms with Crippen LogP contribution in [0.1, 0.15) is 43.2 Å². The number of hydrogen-bond acceptors (Lipinski definition) is 11. The molecule has 1 fully saturated rings. The van der Waals surface area contributed by atoms with Crippen molar-refractivity contribution in [2.24, 2.45) is 0 Å². The number of carbonyl (C=O) groups is 1. The smallest absolute Gasteiger partial charge is 0.324 e.